The predicted octanol–water partition coefficient (Wildman–Crippen LogP) is 0.102. The van der Waals surface area contributed by atoms with Crippen LogP contribution in [-0.4, -0.2) is 64.1 Å². The SMILES string of the molecule is C[C@@H](C(=O)N[C@@H]1CCS(=O)(=O)C1)[NH+]1CCN(c2cccc(C(F)(F)F)c2)CC1. The van der Waals surface area contributed by atoms with Crippen molar-refractivity contribution in [3.63, 3.8) is 0 Å². The van der Waals surface area contributed by atoms with Crippen LogP contribution < -0.4 is 15.1 Å². The first-order valence-electron chi connectivity index (χ1n) is 9.33. The number of rotatable bonds is 4. The first-order valence-corrected chi connectivity index (χ1v) is 11.1. The first-order chi connectivity index (χ1) is 13.0. The van der Waals surface area contributed by atoms with Gasteiger partial charge in [-0.25, -0.2) is 8.42 Å². The maximum atomic E-state index is 12.9. The lowest BCUT2D eigenvalue weighted by Gasteiger charge is -2.36. The predicted molar refractivity (Wildman–Crippen MR) is 99.0 cm³/mol. The number of nitrogens with one attached hydrogen (secondary N) is 2. The number of carbonyl (C=O) groups is 1. The van der Waals surface area contributed by atoms with Crippen LogP contribution in [-0.2, 0) is 20.8 Å². The van der Waals surface area contributed by atoms with Gasteiger partial charge in [-0.1, -0.05) is 6.07 Å². The van der Waals surface area contributed by atoms with E-state index in [1.165, 1.54) is 6.07 Å². The molecule has 0 aliphatic carbocycles. The number of halogens is 3. The van der Waals surface area contributed by atoms with E-state index < -0.39 is 21.6 Å². The van der Waals surface area contributed by atoms with Gasteiger partial charge in [-0.05, 0) is 31.5 Å². The highest BCUT2D eigenvalue weighted by atomic mass is 32.2. The Morgan fingerprint density at radius 3 is 2.54 bits per heavy atom. The summed E-state index contributed by atoms with van der Waals surface area (Å²) < 4.78 is 61.7. The van der Waals surface area contributed by atoms with Gasteiger partial charge in [-0.3, -0.25) is 4.79 Å². The lowest BCUT2D eigenvalue weighted by molar-refractivity contribution is -0.914. The molecule has 2 N–H and O–H groups in total. The van der Waals surface area contributed by atoms with E-state index in [-0.39, 0.29) is 29.5 Å². The zero-order chi connectivity index (χ0) is 20.5. The molecule has 2 atom stereocenters. The maximum absolute atomic E-state index is 12.9. The van der Waals surface area contributed by atoms with Crippen LogP contribution >= 0.6 is 0 Å². The van der Waals surface area contributed by atoms with E-state index in [0.717, 1.165) is 17.0 Å². The zero-order valence-corrected chi connectivity index (χ0v) is 16.4. The standard InChI is InChI=1S/C18H24F3N3O3S/c1-13(17(25)22-15-5-10-28(26,27)12-15)23-6-8-24(9-7-23)16-4-2-3-14(11-16)18(19,20)21/h2-4,11,13,15H,5-10,12H2,1H3,(H,22,25)/p+1/t13-,15+/m0/s1. The lowest BCUT2D eigenvalue weighted by Crippen LogP contribution is -3.19. The van der Waals surface area contributed by atoms with Gasteiger partial charge in [0.1, 0.15) is 0 Å². The Morgan fingerprint density at radius 1 is 1.29 bits per heavy atom. The maximum Gasteiger partial charge on any atom is 0.416 e. The summed E-state index contributed by atoms with van der Waals surface area (Å²) >= 11 is 0. The van der Waals surface area contributed by atoms with Crippen molar-refractivity contribution in [2.24, 2.45) is 0 Å². The first kappa shape index (κ1) is 20.9. The number of nitrogens with zero attached hydrogens (tertiary/aromatic N) is 1. The fourth-order valence-corrected chi connectivity index (χ4v) is 5.46. The molecule has 28 heavy (non-hydrogen) atoms. The molecule has 1 aromatic rings. The van der Waals surface area contributed by atoms with Gasteiger partial charge in [0.25, 0.3) is 5.91 Å². The summed E-state index contributed by atoms with van der Waals surface area (Å²) in [4.78, 5) is 15.4. The fraction of sp³-hybridized carbons (Fsp3) is 0.611. The lowest BCUT2D eigenvalue weighted by atomic mass is 10.1. The van der Waals surface area contributed by atoms with Crippen molar-refractivity contribution < 1.29 is 31.3 Å². The molecule has 2 saturated heterocycles. The number of piperazine rings is 1. The summed E-state index contributed by atoms with van der Waals surface area (Å²) in [5.41, 5.74) is -0.138. The van der Waals surface area contributed by atoms with Crippen molar-refractivity contribution in [1.82, 2.24) is 5.32 Å². The highest BCUT2D eigenvalue weighted by Gasteiger charge is 2.35. The minimum atomic E-state index is -4.37. The van der Waals surface area contributed by atoms with Crippen LogP contribution in [0.2, 0.25) is 0 Å². The number of alkyl halides is 3. The Labute approximate surface area is 162 Å². The molecule has 0 unspecified atom stereocenters. The van der Waals surface area contributed by atoms with Crippen molar-refractivity contribution in [2.45, 2.75) is 31.6 Å². The summed E-state index contributed by atoms with van der Waals surface area (Å²) in [5, 5.41) is 2.82. The number of benzene rings is 1. The van der Waals surface area contributed by atoms with Crippen LogP contribution in [0.3, 0.4) is 0 Å². The van der Waals surface area contributed by atoms with Crippen LogP contribution in [0, 0.1) is 0 Å². The molecule has 1 aromatic carbocycles. The third-order valence-electron chi connectivity index (χ3n) is 5.53. The molecular formula is C18H25F3N3O3S+. The third-order valence-corrected chi connectivity index (χ3v) is 7.30. The molecule has 0 radical (unpaired) electrons. The molecule has 156 valence electrons. The van der Waals surface area contributed by atoms with E-state index in [2.05, 4.69) is 5.32 Å². The Balaban J connectivity index is 1.54. The van der Waals surface area contributed by atoms with E-state index in [9.17, 15) is 26.4 Å². The molecule has 3 rings (SSSR count). The number of anilines is 1. The molecule has 2 fully saturated rings. The molecule has 2 aliphatic heterocycles. The molecule has 10 heteroatoms. The van der Waals surface area contributed by atoms with E-state index >= 15 is 0 Å². The smallest absolute Gasteiger partial charge is 0.360 e. The second kappa shape index (κ2) is 7.90. The van der Waals surface area contributed by atoms with Gasteiger partial charge < -0.3 is 15.1 Å². The van der Waals surface area contributed by atoms with Crippen LogP contribution in [0.1, 0.15) is 18.9 Å². The second-order valence-corrected chi connectivity index (χ2v) is 9.75. The summed E-state index contributed by atoms with van der Waals surface area (Å²) in [6, 6.07) is 4.61. The van der Waals surface area contributed by atoms with Gasteiger partial charge in [0.05, 0.1) is 43.2 Å². The molecule has 0 bridgehead atoms. The number of quaternary nitrogens is 1. The Morgan fingerprint density at radius 2 is 1.96 bits per heavy atom. The zero-order valence-electron chi connectivity index (χ0n) is 15.6. The fourth-order valence-electron chi connectivity index (χ4n) is 3.78. The molecule has 6 nitrogen and oxygen atoms in total. The van der Waals surface area contributed by atoms with Crippen LogP contribution in [0.15, 0.2) is 24.3 Å². The quantitative estimate of drug-likeness (QED) is 0.725. The highest BCUT2D eigenvalue weighted by Crippen LogP contribution is 2.31. The summed E-state index contributed by atoms with van der Waals surface area (Å²) in [6.07, 6.45) is -3.93. The van der Waals surface area contributed by atoms with Crippen molar-refractivity contribution in [2.75, 3.05) is 42.6 Å². The van der Waals surface area contributed by atoms with Crippen molar-refractivity contribution in [3.05, 3.63) is 29.8 Å². The van der Waals surface area contributed by atoms with Crippen LogP contribution in [0.25, 0.3) is 0 Å². The minimum Gasteiger partial charge on any atom is -0.360 e. The molecule has 0 saturated carbocycles. The van der Waals surface area contributed by atoms with E-state index in [4.69, 9.17) is 0 Å². The normalized spacial score (nSPS) is 24.1. The molecule has 1 amide bonds. The number of sulfone groups is 1. The Hall–Kier alpha value is -1.81. The van der Waals surface area contributed by atoms with E-state index in [0.29, 0.717) is 38.3 Å². The van der Waals surface area contributed by atoms with E-state index in [1.807, 2.05) is 4.90 Å². The van der Waals surface area contributed by atoms with Crippen molar-refractivity contribution >= 4 is 21.4 Å². The van der Waals surface area contributed by atoms with Crippen molar-refractivity contribution in [1.29, 1.82) is 0 Å². The second-order valence-electron chi connectivity index (χ2n) is 7.52. The van der Waals surface area contributed by atoms with Gasteiger partial charge in [0.15, 0.2) is 15.9 Å². The average Bonchev–Trinajstić information content (AvgIpc) is 2.99. The van der Waals surface area contributed by atoms with Crippen molar-refractivity contribution in [3.8, 4) is 0 Å². The van der Waals surface area contributed by atoms with Gasteiger partial charge in [0, 0.05) is 11.7 Å². The Kier molecular flexibility index (Phi) is 5.90. The van der Waals surface area contributed by atoms with Crippen LogP contribution in [0.5, 0.6) is 0 Å². The summed E-state index contributed by atoms with van der Waals surface area (Å²) in [6.45, 7) is 4.13. The molecular weight excluding hydrogens is 395 g/mol. The summed E-state index contributed by atoms with van der Waals surface area (Å²) in [5.74, 6) is -0.0801. The largest absolute Gasteiger partial charge is 0.416 e. The molecule has 0 spiro atoms. The minimum absolute atomic E-state index is 0.00980. The number of hydrogen-bond donors (Lipinski definition) is 2. The Bertz CT molecular complexity index is 821. The van der Waals surface area contributed by atoms with Crippen LogP contribution in [0.4, 0.5) is 18.9 Å². The van der Waals surface area contributed by atoms with Gasteiger partial charge >= 0.3 is 6.18 Å². The highest BCUT2D eigenvalue weighted by molar-refractivity contribution is 7.91. The molecule has 2 aliphatic rings. The molecule has 0 aromatic heterocycles. The third kappa shape index (κ3) is 4.96. The topological polar surface area (TPSA) is 70.9 Å². The number of amides is 1. The average molecular weight is 420 g/mol. The van der Waals surface area contributed by atoms with Gasteiger partial charge in [-0.2, -0.15) is 13.2 Å². The monoisotopic (exact) mass is 420 g/mol. The van der Waals surface area contributed by atoms with Gasteiger partial charge in [0.2, 0.25) is 0 Å². The number of hydrogen-bond acceptors (Lipinski definition) is 4. The molecule has 2 heterocycles. The number of carbonyl (C=O) groups excluding carboxylic acids is 1. The van der Waals surface area contributed by atoms with E-state index in [1.54, 1.807) is 13.0 Å². The van der Waals surface area contributed by atoms with Gasteiger partial charge in [-0.15, -0.1) is 0 Å². The summed E-state index contributed by atoms with van der Waals surface area (Å²) in [7, 11) is -3.05.